The van der Waals surface area contributed by atoms with Gasteiger partial charge in [-0.15, -0.1) is 0 Å². The second-order valence-corrected chi connectivity index (χ2v) is 5.28. The first-order valence-electron chi connectivity index (χ1n) is 6.52. The van der Waals surface area contributed by atoms with Gasteiger partial charge >= 0.3 is 0 Å². The Morgan fingerprint density at radius 2 is 2.05 bits per heavy atom. The van der Waals surface area contributed by atoms with Crippen molar-refractivity contribution in [2.24, 2.45) is 0 Å². The van der Waals surface area contributed by atoms with Crippen LogP contribution in [0.25, 0.3) is 0 Å². The normalized spacial score (nSPS) is 13.0. The number of carbonyl (C=O) groups is 1. The molecule has 0 saturated carbocycles. The standard InChI is InChI=1S/C15H15NO3S/c17-15(12-4-8-20-10-12)16-5-3-11-1-2-13-14(9-11)19-7-6-18-13/h1-2,4,8-10H,3,5-7H2,(H,16,17). The van der Waals surface area contributed by atoms with Gasteiger partial charge in [-0.2, -0.15) is 11.3 Å². The summed E-state index contributed by atoms with van der Waals surface area (Å²) < 4.78 is 11.0. The summed E-state index contributed by atoms with van der Waals surface area (Å²) in [6.45, 7) is 1.79. The molecule has 0 aliphatic carbocycles. The molecule has 1 N–H and O–H groups in total. The summed E-state index contributed by atoms with van der Waals surface area (Å²) in [6.07, 6.45) is 0.770. The van der Waals surface area contributed by atoms with Crippen molar-refractivity contribution in [2.75, 3.05) is 19.8 Å². The third kappa shape index (κ3) is 2.93. The van der Waals surface area contributed by atoms with Gasteiger partial charge in [-0.1, -0.05) is 6.07 Å². The number of benzene rings is 1. The van der Waals surface area contributed by atoms with Crippen molar-refractivity contribution in [1.82, 2.24) is 5.32 Å². The van der Waals surface area contributed by atoms with Gasteiger partial charge in [-0.05, 0) is 35.6 Å². The van der Waals surface area contributed by atoms with Gasteiger partial charge in [0.15, 0.2) is 11.5 Å². The van der Waals surface area contributed by atoms with E-state index in [9.17, 15) is 4.79 Å². The maximum Gasteiger partial charge on any atom is 0.252 e. The first-order chi connectivity index (χ1) is 9.83. The highest BCUT2D eigenvalue weighted by Gasteiger charge is 2.11. The molecule has 4 nitrogen and oxygen atoms in total. The number of fused-ring (bicyclic) bond motifs is 1. The highest BCUT2D eigenvalue weighted by molar-refractivity contribution is 7.08. The second kappa shape index (κ2) is 5.96. The van der Waals surface area contributed by atoms with Gasteiger partial charge in [0.2, 0.25) is 0 Å². The van der Waals surface area contributed by atoms with E-state index in [-0.39, 0.29) is 5.91 Å². The summed E-state index contributed by atoms with van der Waals surface area (Å²) >= 11 is 1.52. The molecule has 2 heterocycles. The van der Waals surface area contributed by atoms with Gasteiger partial charge in [0.05, 0.1) is 0 Å². The fourth-order valence-corrected chi connectivity index (χ4v) is 2.70. The lowest BCUT2D eigenvalue weighted by molar-refractivity contribution is 0.0954. The molecule has 0 atom stereocenters. The molecule has 20 heavy (non-hydrogen) atoms. The fraction of sp³-hybridized carbons (Fsp3) is 0.267. The predicted molar refractivity (Wildman–Crippen MR) is 77.8 cm³/mol. The van der Waals surface area contributed by atoms with Crippen LogP contribution in [0.4, 0.5) is 0 Å². The summed E-state index contributed by atoms with van der Waals surface area (Å²) in [6, 6.07) is 7.73. The molecule has 0 spiro atoms. The highest BCUT2D eigenvalue weighted by atomic mass is 32.1. The molecule has 1 aliphatic heterocycles. The summed E-state index contributed by atoms with van der Waals surface area (Å²) in [5.74, 6) is 1.56. The lowest BCUT2D eigenvalue weighted by Crippen LogP contribution is -2.25. The summed E-state index contributed by atoms with van der Waals surface area (Å²) in [5, 5.41) is 6.65. The van der Waals surface area contributed by atoms with Crippen molar-refractivity contribution in [1.29, 1.82) is 0 Å². The number of thiophene rings is 1. The Morgan fingerprint density at radius 1 is 1.20 bits per heavy atom. The Morgan fingerprint density at radius 3 is 2.85 bits per heavy atom. The van der Waals surface area contributed by atoms with Crippen molar-refractivity contribution >= 4 is 17.2 Å². The number of nitrogens with one attached hydrogen (secondary N) is 1. The van der Waals surface area contributed by atoms with E-state index in [1.807, 2.05) is 35.0 Å². The molecular formula is C15H15NO3S. The minimum absolute atomic E-state index is 0.0243. The van der Waals surface area contributed by atoms with Crippen molar-refractivity contribution in [3.05, 3.63) is 46.2 Å². The molecule has 0 saturated heterocycles. The van der Waals surface area contributed by atoms with Crippen molar-refractivity contribution < 1.29 is 14.3 Å². The van der Waals surface area contributed by atoms with E-state index in [1.165, 1.54) is 11.3 Å². The Bertz CT molecular complexity index is 595. The Labute approximate surface area is 121 Å². The number of carbonyl (C=O) groups excluding carboxylic acids is 1. The van der Waals surface area contributed by atoms with Crippen molar-refractivity contribution in [3.63, 3.8) is 0 Å². The maximum atomic E-state index is 11.8. The van der Waals surface area contributed by atoms with Crippen LogP contribution in [0.1, 0.15) is 15.9 Å². The van der Waals surface area contributed by atoms with Crippen LogP contribution in [0.15, 0.2) is 35.0 Å². The molecule has 5 heteroatoms. The number of hydrogen-bond donors (Lipinski definition) is 1. The van der Waals surface area contributed by atoms with E-state index in [2.05, 4.69) is 5.32 Å². The monoisotopic (exact) mass is 289 g/mol. The Balaban J connectivity index is 1.55. The van der Waals surface area contributed by atoms with E-state index in [1.54, 1.807) is 0 Å². The molecule has 0 unspecified atom stereocenters. The molecule has 1 amide bonds. The van der Waals surface area contributed by atoms with Gasteiger partial charge in [-0.3, -0.25) is 4.79 Å². The quantitative estimate of drug-likeness (QED) is 0.940. The number of hydrogen-bond acceptors (Lipinski definition) is 4. The molecule has 0 bridgehead atoms. The van der Waals surface area contributed by atoms with Crippen LogP contribution in [-0.2, 0) is 6.42 Å². The zero-order chi connectivity index (χ0) is 13.8. The maximum absolute atomic E-state index is 11.8. The van der Waals surface area contributed by atoms with Crippen LogP contribution in [-0.4, -0.2) is 25.7 Å². The Hall–Kier alpha value is -2.01. The van der Waals surface area contributed by atoms with Crippen molar-refractivity contribution in [2.45, 2.75) is 6.42 Å². The number of ether oxygens (including phenoxy) is 2. The smallest absolute Gasteiger partial charge is 0.252 e. The molecule has 3 rings (SSSR count). The third-order valence-electron chi connectivity index (χ3n) is 3.09. The molecule has 1 aromatic carbocycles. The summed E-state index contributed by atoms with van der Waals surface area (Å²) in [5.41, 5.74) is 1.84. The highest BCUT2D eigenvalue weighted by Crippen LogP contribution is 2.30. The van der Waals surface area contributed by atoms with Gasteiger partial charge in [0.25, 0.3) is 5.91 Å². The second-order valence-electron chi connectivity index (χ2n) is 4.50. The zero-order valence-corrected chi connectivity index (χ0v) is 11.7. The largest absolute Gasteiger partial charge is 0.486 e. The average molecular weight is 289 g/mol. The van der Waals surface area contributed by atoms with E-state index in [0.717, 1.165) is 29.0 Å². The van der Waals surface area contributed by atoms with E-state index < -0.39 is 0 Å². The van der Waals surface area contributed by atoms with Crippen LogP contribution in [0.2, 0.25) is 0 Å². The van der Waals surface area contributed by atoms with Gasteiger partial charge in [0.1, 0.15) is 13.2 Å². The van der Waals surface area contributed by atoms with Gasteiger partial charge in [-0.25, -0.2) is 0 Å². The van der Waals surface area contributed by atoms with Gasteiger partial charge < -0.3 is 14.8 Å². The lowest BCUT2D eigenvalue weighted by Gasteiger charge is -2.18. The molecule has 104 valence electrons. The predicted octanol–water partition coefficient (Wildman–Crippen LogP) is 2.49. The summed E-state index contributed by atoms with van der Waals surface area (Å²) in [7, 11) is 0. The lowest BCUT2D eigenvalue weighted by atomic mass is 10.1. The molecule has 0 radical (unpaired) electrons. The molecular weight excluding hydrogens is 274 g/mol. The number of rotatable bonds is 4. The minimum atomic E-state index is -0.0243. The van der Waals surface area contributed by atoms with Gasteiger partial charge in [0, 0.05) is 17.5 Å². The van der Waals surface area contributed by atoms with E-state index in [4.69, 9.17) is 9.47 Å². The fourth-order valence-electron chi connectivity index (χ4n) is 2.06. The first kappa shape index (κ1) is 13.0. The van der Waals surface area contributed by atoms with Crippen molar-refractivity contribution in [3.8, 4) is 11.5 Å². The first-order valence-corrected chi connectivity index (χ1v) is 7.46. The average Bonchev–Trinajstić information content (AvgIpc) is 3.01. The van der Waals surface area contributed by atoms with Crippen LogP contribution in [0, 0.1) is 0 Å². The summed E-state index contributed by atoms with van der Waals surface area (Å²) in [4.78, 5) is 11.8. The zero-order valence-electron chi connectivity index (χ0n) is 10.9. The third-order valence-corrected chi connectivity index (χ3v) is 3.77. The van der Waals surface area contributed by atoms with Crippen LogP contribution in [0.3, 0.4) is 0 Å². The molecule has 1 aromatic heterocycles. The topological polar surface area (TPSA) is 47.6 Å². The SMILES string of the molecule is O=C(NCCc1ccc2c(c1)OCCO2)c1ccsc1. The van der Waals surface area contributed by atoms with Crippen LogP contribution >= 0.6 is 11.3 Å². The van der Waals surface area contributed by atoms with Crippen LogP contribution < -0.4 is 14.8 Å². The van der Waals surface area contributed by atoms with E-state index in [0.29, 0.717) is 19.8 Å². The van der Waals surface area contributed by atoms with E-state index >= 15 is 0 Å². The Kier molecular flexibility index (Phi) is 3.87. The molecule has 2 aromatic rings. The minimum Gasteiger partial charge on any atom is -0.486 e. The molecule has 0 fully saturated rings. The number of amides is 1. The van der Waals surface area contributed by atoms with Crippen LogP contribution in [0.5, 0.6) is 11.5 Å². The molecule has 1 aliphatic rings.